The van der Waals surface area contributed by atoms with Gasteiger partial charge >= 0.3 is 12.1 Å². The van der Waals surface area contributed by atoms with Crippen molar-refractivity contribution in [3.63, 3.8) is 0 Å². The van der Waals surface area contributed by atoms with Gasteiger partial charge in [0.25, 0.3) is 0 Å². The molecule has 1 N–H and O–H groups in total. The molecule has 0 heterocycles. The van der Waals surface area contributed by atoms with Crippen LogP contribution in [0.4, 0.5) is 9.18 Å². The third-order valence-corrected chi connectivity index (χ3v) is 3.06. The standard InChI is InChI=1S/C16H18FNO5/c1-4-9-23-15(20)13(10(2)19)14(18-16(21)22-3)11-5-7-12(17)8-6-11/h4-8,13-14H,1,9H2,2-3H3,(H,18,21). The lowest BCUT2D eigenvalue weighted by atomic mass is 9.90. The number of rotatable bonds is 7. The van der Waals surface area contributed by atoms with Crippen LogP contribution >= 0.6 is 0 Å². The molecule has 0 aliphatic heterocycles. The Bertz CT molecular complexity index is 585. The second-order valence-electron chi connectivity index (χ2n) is 4.67. The average molecular weight is 323 g/mol. The lowest BCUT2D eigenvalue weighted by Gasteiger charge is -2.24. The summed E-state index contributed by atoms with van der Waals surface area (Å²) in [5, 5.41) is 2.41. The van der Waals surface area contributed by atoms with Crippen molar-refractivity contribution in [1.29, 1.82) is 0 Å². The van der Waals surface area contributed by atoms with Gasteiger partial charge in [0.05, 0.1) is 13.2 Å². The first-order valence-electron chi connectivity index (χ1n) is 6.78. The molecule has 0 saturated heterocycles. The Morgan fingerprint density at radius 3 is 2.39 bits per heavy atom. The maximum Gasteiger partial charge on any atom is 0.407 e. The largest absolute Gasteiger partial charge is 0.461 e. The van der Waals surface area contributed by atoms with Crippen LogP contribution in [-0.2, 0) is 19.1 Å². The number of hydrogen-bond donors (Lipinski definition) is 1. The number of esters is 1. The number of benzene rings is 1. The van der Waals surface area contributed by atoms with E-state index in [1.54, 1.807) is 0 Å². The van der Waals surface area contributed by atoms with Crippen LogP contribution in [0.15, 0.2) is 36.9 Å². The number of hydrogen-bond acceptors (Lipinski definition) is 5. The Morgan fingerprint density at radius 2 is 1.91 bits per heavy atom. The first-order chi connectivity index (χ1) is 10.9. The summed E-state index contributed by atoms with van der Waals surface area (Å²) < 4.78 is 22.5. The van der Waals surface area contributed by atoms with E-state index in [4.69, 9.17) is 4.74 Å². The second kappa shape index (κ2) is 8.67. The number of carbonyl (C=O) groups is 3. The number of amides is 1. The van der Waals surface area contributed by atoms with E-state index in [9.17, 15) is 18.8 Å². The van der Waals surface area contributed by atoms with Crippen LogP contribution in [0.1, 0.15) is 18.5 Å². The van der Waals surface area contributed by atoms with E-state index >= 15 is 0 Å². The number of ketones is 1. The molecule has 0 aromatic heterocycles. The molecule has 0 aliphatic rings. The SMILES string of the molecule is C=CCOC(=O)C(C(C)=O)C(NC(=O)OC)c1ccc(F)cc1. The van der Waals surface area contributed by atoms with Gasteiger partial charge in [0.15, 0.2) is 0 Å². The van der Waals surface area contributed by atoms with Crippen LogP contribution in [0, 0.1) is 11.7 Å². The molecule has 23 heavy (non-hydrogen) atoms. The Balaban J connectivity index is 3.19. The second-order valence-corrected chi connectivity index (χ2v) is 4.67. The molecule has 1 aromatic carbocycles. The lowest BCUT2D eigenvalue weighted by molar-refractivity contribution is -0.151. The van der Waals surface area contributed by atoms with Gasteiger partial charge < -0.3 is 14.8 Å². The Labute approximate surface area is 133 Å². The van der Waals surface area contributed by atoms with E-state index in [1.165, 1.54) is 25.1 Å². The minimum Gasteiger partial charge on any atom is -0.461 e. The fourth-order valence-corrected chi connectivity index (χ4v) is 1.98. The van der Waals surface area contributed by atoms with Gasteiger partial charge in [-0.2, -0.15) is 0 Å². The number of nitrogens with one attached hydrogen (secondary N) is 1. The summed E-state index contributed by atoms with van der Waals surface area (Å²) in [6, 6.07) is 4.01. The highest BCUT2D eigenvalue weighted by Gasteiger charge is 2.36. The van der Waals surface area contributed by atoms with Crippen molar-refractivity contribution in [2.45, 2.75) is 13.0 Å². The minimum atomic E-state index is -1.29. The third-order valence-electron chi connectivity index (χ3n) is 3.06. The molecule has 7 heteroatoms. The summed E-state index contributed by atoms with van der Waals surface area (Å²) in [4.78, 5) is 35.6. The average Bonchev–Trinajstić information content (AvgIpc) is 2.52. The summed E-state index contributed by atoms with van der Waals surface area (Å²) in [5.41, 5.74) is 0.368. The van der Waals surface area contributed by atoms with Gasteiger partial charge in [-0.25, -0.2) is 9.18 Å². The van der Waals surface area contributed by atoms with Crippen LogP contribution in [0.2, 0.25) is 0 Å². The molecule has 0 spiro atoms. The van der Waals surface area contributed by atoms with Crippen molar-refractivity contribution >= 4 is 17.8 Å². The van der Waals surface area contributed by atoms with Crippen molar-refractivity contribution in [1.82, 2.24) is 5.32 Å². The van der Waals surface area contributed by atoms with Gasteiger partial charge in [0.2, 0.25) is 0 Å². The summed E-state index contributed by atoms with van der Waals surface area (Å²) in [6.07, 6.45) is 0.525. The van der Waals surface area contributed by atoms with Crippen LogP contribution in [0.25, 0.3) is 0 Å². The molecular weight excluding hydrogens is 305 g/mol. The predicted octanol–water partition coefficient (Wildman–Crippen LogP) is 2.16. The van der Waals surface area contributed by atoms with E-state index in [0.717, 1.165) is 19.2 Å². The number of carbonyl (C=O) groups excluding carboxylic acids is 3. The molecular formula is C16H18FNO5. The molecule has 0 aliphatic carbocycles. The molecule has 0 fully saturated rings. The number of methoxy groups -OCH3 is 1. The number of halogens is 1. The zero-order chi connectivity index (χ0) is 17.4. The van der Waals surface area contributed by atoms with Crippen LogP contribution in [0.3, 0.4) is 0 Å². The molecule has 2 unspecified atom stereocenters. The van der Waals surface area contributed by atoms with Gasteiger partial charge in [0, 0.05) is 0 Å². The molecule has 0 saturated carbocycles. The van der Waals surface area contributed by atoms with Crippen molar-refractivity contribution in [2.24, 2.45) is 5.92 Å². The fourth-order valence-electron chi connectivity index (χ4n) is 1.98. The quantitative estimate of drug-likeness (QED) is 0.472. The van der Waals surface area contributed by atoms with E-state index in [-0.39, 0.29) is 6.61 Å². The molecule has 124 valence electrons. The summed E-state index contributed by atoms with van der Waals surface area (Å²) in [5.74, 6) is -3.10. The Morgan fingerprint density at radius 1 is 1.30 bits per heavy atom. The first-order valence-corrected chi connectivity index (χ1v) is 6.78. The van der Waals surface area contributed by atoms with Crippen molar-refractivity contribution in [2.75, 3.05) is 13.7 Å². The van der Waals surface area contributed by atoms with Crippen molar-refractivity contribution in [3.8, 4) is 0 Å². The molecule has 1 aromatic rings. The lowest BCUT2D eigenvalue weighted by Crippen LogP contribution is -2.40. The van der Waals surface area contributed by atoms with Gasteiger partial charge in [-0.3, -0.25) is 9.59 Å². The zero-order valence-electron chi connectivity index (χ0n) is 12.9. The normalized spacial score (nSPS) is 12.7. The van der Waals surface area contributed by atoms with Crippen molar-refractivity contribution < 1.29 is 28.2 Å². The van der Waals surface area contributed by atoms with Gasteiger partial charge in [0.1, 0.15) is 24.1 Å². The van der Waals surface area contributed by atoms with E-state index in [2.05, 4.69) is 16.6 Å². The smallest absolute Gasteiger partial charge is 0.407 e. The monoisotopic (exact) mass is 323 g/mol. The molecule has 2 atom stereocenters. The first kappa shape index (κ1) is 18.3. The Kier molecular flexibility index (Phi) is 6.92. The van der Waals surface area contributed by atoms with Crippen LogP contribution in [0.5, 0.6) is 0 Å². The van der Waals surface area contributed by atoms with Gasteiger partial charge in [-0.15, -0.1) is 0 Å². The van der Waals surface area contributed by atoms with Gasteiger partial charge in [-0.1, -0.05) is 24.8 Å². The van der Waals surface area contributed by atoms with E-state index in [0.29, 0.717) is 5.56 Å². The summed E-state index contributed by atoms with van der Waals surface area (Å²) in [6.45, 7) is 4.55. The third kappa shape index (κ3) is 5.21. The topological polar surface area (TPSA) is 81.7 Å². The van der Waals surface area contributed by atoms with Crippen LogP contribution in [-0.4, -0.2) is 31.6 Å². The summed E-state index contributed by atoms with van der Waals surface area (Å²) >= 11 is 0. The predicted molar refractivity (Wildman–Crippen MR) is 80.0 cm³/mol. The number of alkyl carbamates (subject to hydrolysis) is 1. The van der Waals surface area contributed by atoms with Gasteiger partial charge in [-0.05, 0) is 24.6 Å². The fraction of sp³-hybridized carbons (Fsp3) is 0.312. The maximum atomic E-state index is 13.1. The molecule has 6 nitrogen and oxygen atoms in total. The van der Waals surface area contributed by atoms with Crippen molar-refractivity contribution in [3.05, 3.63) is 48.3 Å². The highest BCUT2D eigenvalue weighted by atomic mass is 19.1. The maximum absolute atomic E-state index is 13.1. The van der Waals surface area contributed by atoms with Crippen LogP contribution < -0.4 is 5.32 Å². The number of ether oxygens (including phenoxy) is 2. The molecule has 1 rings (SSSR count). The van der Waals surface area contributed by atoms with E-state index < -0.39 is 35.6 Å². The molecule has 0 radical (unpaired) electrons. The van der Waals surface area contributed by atoms with E-state index in [1.807, 2.05) is 0 Å². The minimum absolute atomic E-state index is 0.0724. The zero-order valence-corrected chi connectivity index (χ0v) is 12.9. The Hall–Kier alpha value is -2.70. The number of Topliss-reactive ketones (excluding diaryl/α,β-unsaturated/α-hetero) is 1. The molecule has 0 bridgehead atoms. The highest BCUT2D eigenvalue weighted by molar-refractivity contribution is 5.99. The highest BCUT2D eigenvalue weighted by Crippen LogP contribution is 2.25. The summed E-state index contributed by atoms with van der Waals surface area (Å²) in [7, 11) is 1.15. The molecule has 1 amide bonds.